The summed E-state index contributed by atoms with van der Waals surface area (Å²) < 4.78 is 16.1. The number of methoxy groups -OCH3 is 3. The summed E-state index contributed by atoms with van der Waals surface area (Å²) in [5.74, 6) is 0.236. The van der Waals surface area contributed by atoms with Crippen LogP contribution in [0.1, 0.15) is 42.7 Å². The largest absolute Gasteiger partial charge is 0.497 e. The third-order valence-electron chi connectivity index (χ3n) is 6.26. The fourth-order valence-electron chi connectivity index (χ4n) is 4.75. The minimum Gasteiger partial charge on any atom is -0.497 e. The van der Waals surface area contributed by atoms with E-state index >= 15 is 0 Å². The molecule has 0 spiro atoms. The molecule has 0 amide bonds. The molecule has 2 aliphatic rings. The second-order valence-electron chi connectivity index (χ2n) is 8.03. The molecule has 6 heteroatoms. The van der Waals surface area contributed by atoms with E-state index in [1.54, 1.807) is 20.3 Å². The third kappa shape index (κ3) is 3.77. The molecule has 0 fully saturated rings. The number of allylic oxidation sites excluding steroid dienone is 3. The first kappa shape index (κ1) is 21.7. The molecule has 4 rings (SSSR count). The van der Waals surface area contributed by atoms with Gasteiger partial charge in [0.05, 0.1) is 32.8 Å². The lowest BCUT2D eigenvalue weighted by Crippen LogP contribution is -2.36. The Kier molecular flexibility index (Phi) is 6.04. The van der Waals surface area contributed by atoms with E-state index in [0.29, 0.717) is 41.2 Å². The van der Waals surface area contributed by atoms with Crippen LogP contribution in [-0.4, -0.2) is 33.1 Å². The molecule has 0 bridgehead atoms. The minimum atomic E-state index is -0.580. The summed E-state index contributed by atoms with van der Waals surface area (Å²) in [4.78, 5) is 26.4. The highest BCUT2D eigenvalue weighted by atomic mass is 16.5. The molecule has 1 aliphatic carbocycles. The van der Waals surface area contributed by atoms with Gasteiger partial charge in [0.1, 0.15) is 11.5 Å². The van der Waals surface area contributed by atoms with Crippen molar-refractivity contribution in [3.8, 4) is 11.5 Å². The number of hydrogen-bond acceptors (Lipinski definition) is 6. The molecule has 0 radical (unpaired) electrons. The van der Waals surface area contributed by atoms with E-state index in [1.807, 2.05) is 37.3 Å². The average Bonchev–Trinajstić information content (AvgIpc) is 2.82. The van der Waals surface area contributed by atoms with Crippen LogP contribution in [0.3, 0.4) is 0 Å². The number of benzene rings is 2. The number of nitrogens with one attached hydrogen (secondary N) is 1. The number of carbonyl (C=O) groups excluding carboxylic acids is 2. The van der Waals surface area contributed by atoms with Crippen molar-refractivity contribution in [1.82, 2.24) is 5.32 Å². The number of hydrogen-bond donors (Lipinski definition) is 1. The topological polar surface area (TPSA) is 73.9 Å². The first-order valence-corrected chi connectivity index (χ1v) is 10.6. The zero-order valence-corrected chi connectivity index (χ0v) is 18.7. The van der Waals surface area contributed by atoms with Gasteiger partial charge in [-0.05, 0) is 30.9 Å². The fourth-order valence-corrected chi connectivity index (χ4v) is 4.75. The van der Waals surface area contributed by atoms with E-state index in [0.717, 1.165) is 16.8 Å². The van der Waals surface area contributed by atoms with Crippen molar-refractivity contribution < 1.29 is 23.8 Å². The second kappa shape index (κ2) is 8.91. The van der Waals surface area contributed by atoms with Gasteiger partial charge in [0.25, 0.3) is 0 Å². The van der Waals surface area contributed by atoms with E-state index in [4.69, 9.17) is 14.2 Å². The zero-order valence-electron chi connectivity index (χ0n) is 18.7. The molecule has 0 aromatic heterocycles. The van der Waals surface area contributed by atoms with Gasteiger partial charge in [0.2, 0.25) is 0 Å². The Hall–Kier alpha value is -3.54. The summed E-state index contributed by atoms with van der Waals surface area (Å²) in [6.45, 7) is 1.84. The Balaban J connectivity index is 1.86. The monoisotopic (exact) mass is 433 g/mol. The van der Waals surface area contributed by atoms with E-state index in [-0.39, 0.29) is 11.7 Å². The molecule has 2 aromatic carbocycles. The lowest BCUT2D eigenvalue weighted by Gasteiger charge is -2.37. The summed E-state index contributed by atoms with van der Waals surface area (Å²) >= 11 is 0. The molecule has 6 nitrogen and oxygen atoms in total. The first-order chi connectivity index (χ1) is 15.5. The van der Waals surface area contributed by atoms with Crippen molar-refractivity contribution in [2.45, 2.75) is 31.6 Å². The highest BCUT2D eigenvalue weighted by Gasteiger charge is 2.42. The quantitative estimate of drug-likeness (QED) is 0.711. The molecular weight excluding hydrogens is 406 g/mol. The van der Waals surface area contributed by atoms with Crippen molar-refractivity contribution in [1.29, 1.82) is 0 Å². The summed E-state index contributed by atoms with van der Waals surface area (Å²) in [7, 11) is 4.50. The number of ketones is 1. The Morgan fingerprint density at radius 1 is 1.00 bits per heavy atom. The van der Waals surface area contributed by atoms with Crippen LogP contribution in [0.2, 0.25) is 0 Å². The normalized spacial score (nSPS) is 20.4. The number of rotatable bonds is 5. The predicted molar refractivity (Wildman–Crippen MR) is 121 cm³/mol. The van der Waals surface area contributed by atoms with Crippen LogP contribution in [0, 0.1) is 0 Å². The molecular formula is C26H27NO5. The predicted octanol–water partition coefficient (Wildman–Crippen LogP) is 4.24. The third-order valence-corrected chi connectivity index (χ3v) is 6.26. The van der Waals surface area contributed by atoms with Crippen LogP contribution in [0.25, 0.3) is 0 Å². The molecule has 2 aromatic rings. The van der Waals surface area contributed by atoms with Crippen molar-refractivity contribution in [3.63, 3.8) is 0 Å². The maximum atomic E-state index is 13.5. The van der Waals surface area contributed by atoms with Crippen LogP contribution in [0.4, 0.5) is 0 Å². The number of esters is 1. The SMILES string of the molecule is COC(=O)C1=C(C)NC2=C(C(=O)C[C@@H](c3ccccc3)C2)[C@H]1c1ccc(OC)cc1OC. The number of dihydropyridines is 1. The highest BCUT2D eigenvalue weighted by Crippen LogP contribution is 2.48. The van der Waals surface area contributed by atoms with Gasteiger partial charge in [0, 0.05) is 35.0 Å². The number of ether oxygens (including phenoxy) is 3. The van der Waals surface area contributed by atoms with Gasteiger partial charge in [-0.1, -0.05) is 36.4 Å². The van der Waals surface area contributed by atoms with E-state index < -0.39 is 11.9 Å². The molecule has 1 aliphatic heterocycles. The molecule has 0 saturated heterocycles. The zero-order chi connectivity index (χ0) is 22.8. The number of carbonyl (C=O) groups is 2. The smallest absolute Gasteiger partial charge is 0.336 e. The van der Waals surface area contributed by atoms with Crippen molar-refractivity contribution >= 4 is 11.8 Å². The summed E-state index contributed by atoms with van der Waals surface area (Å²) in [6.07, 6.45) is 1.07. The molecule has 0 saturated carbocycles. The first-order valence-electron chi connectivity index (χ1n) is 10.6. The van der Waals surface area contributed by atoms with Crippen molar-refractivity contribution in [2.24, 2.45) is 0 Å². The Morgan fingerprint density at radius 2 is 1.75 bits per heavy atom. The minimum absolute atomic E-state index is 0.0179. The second-order valence-corrected chi connectivity index (χ2v) is 8.03. The molecule has 2 atom stereocenters. The maximum absolute atomic E-state index is 13.5. The van der Waals surface area contributed by atoms with Crippen LogP contribution >= 0.6 is 0 Å². The Morgan fingerprint density at radius 3 is 2.41 bits per heavy atom. The maximum Gasteiger partial charge on any atom is 0.336 e. The molecule has 1 heterocycles. The number of Topliss-reactive ketones (excluding diaryl/α,β-unsaturated/α-hetero) is 1. The average molecular weight is 434 g/mol. The lowest BCUT2D eigenvalue weighted by atomic mass is 9.71. The Bertz CT molecular complexity index is 1120. The van der Waals surface area contributed by atoms with Gasteiger partial charge in [-0.3, -0.25) is 4.79 Å². The standard InChI is InChI=1S/C26H27NO5/c1-15-23(26(29)32-4)24(19-11-10-18(30-2)14-22(19)31-3)25-20(27-15)12-17(13-21(25)28)16-8-6-5-7-9-16/h5-11,14,17,24,27H,12-13H2,1-4H3/t17-,24-/m0/s1. The molecule has 166 valence electrons. The van der Waals surface area contributed by atoms with E-state index in [2.05, 4.69) is 17.4 Å². The molecule has 0 unspecified atom stereocenters. The van der Waals surface area contributed by atoms with Crippen LogP contribution < -0.4 is 14.8 Å². The van der Waals surface area contributed by atoms with Gasteiger partial charge >= 0.3 is 5.97 Å². The summed E-state index contributed by atoms with van der Waals surface area (Å²) in [5, 5.41) is 3.35. The van der Waals surface area contributed by atoms with Crippen LogP contribution in [0.5, 0.6) is 11.5 Å². The van der Waals surface area contributed by atoms with Crippen LogP contribution in [0.15, 0.2) is 71.1 Å². The summed E-state index contributed by atoms with van der Waals surface area (Å²) in [6, 6.07) is 15.5. The lowest BCUT2D eigenvalue weighted by molar-refractivity contribution is -0.136. The van der Waals surface area contributed by atoms with Crippen LogP contribution in [-0.2, 0) is 14.3 Å². The Labute approximate surface area is 187 Å². The van der Waals surface area contributed by atoms with Gasteiger partial charge in [-0.15, -0.1) is 0 Å². The summed E-state index contributed by atoms with van der Waals surface area (Å²) in [5.41, 5.74) is 4.41. The van der Waals surface area contributed by atoms with Crippen molar-refractivity contribution in [2.75, 3.05) is 21.3 Å². The van der Waals surface area contributed by atoms with E-state index in [9.17, 15) is 9.59 Å². The highest BCUT2D eigenvalue weighted by molar-refractivity contribution is 6.04. The molecule has 1 N–H and O–H groups in total. The van der Waals surface area contributed by atoms with E-state index in [1.165, 1.54) is 7.11 Å². The van der Waals surface area contributed by atoms with Gasteiger partial charge in [0.15, 0.2) is 5.78 Å². The van der Waals surface area contributed by atoms with Crippen molar-refractivity contribution in [3.05, 3.63) is 82.2 Å². The van der Waals surface area contributed by atoms with Gasteiger partial charge in [-0.25, -0.2) is 4.79 Å². The van der Waals surface area contributed by atoms with Gasteiger partial charge < -0.3 is 19.5 Å². The fraction of sp³-hybridized carbons (Fsp3) is 0.308. The molecule has 32 heavy (non-hydrogen) atoms. The van der Waals surface area contributed by atoms with Gasteiger partial charge in [-0.2, -0.15) is 0 Å².